The number of hydrogen-bond acceptors (Lipinski definition) is 3. The van der Waals surface area contributed by atoms with Gasteiger partial charge in [0, 0.05) is 42.7 Å². The van der Waals surface area contributed by atoms with Gasteiger partial charge in [0.1, 0.15) is 0 Å². The third kappa shape index (κ3) is 4.25. The second-order valence-corrected chi connectivity index (χ2v) is 8.29. The van der Waals surface area contributed by atoms with E-state index in [0.717, 1.165) is 45.3 Å². The van der Waals surface area contributed by atoms with Crippen molar-refractivity contribution in [3.63, 3.8) is 0 Å². The number of rotatable bonds is 2. The van der Waals surface area contributed by atoms with Gasteiger partial charge in [0.05, 0.1) is 0 Å². The van der Waals surface area contributed by atoms with E-state index in [0.29, 0.717) is 36.1 Å². The lowest BCUT2D eigenvalue weighted by molar-refractivity contribution is -0.133. The van der Waals surface area contributed by atoms with Crippen molar-refractivity contribution in [1.82, 2.24) is 15.1 Å². The summed E-state index contributed by atoms with van der Waals surface area (Å²) in [6.07, 6.45) is 4.13. The van der Waals surface area contributed by atoms with Gasteiger partial charge in [-0.3, -0.25) is 9.59 Å². The van der Waals surface area contributed by atoms with Crippen LogP contribution < -0.4 is 5.32 Å². The molecule has 0 radical (unpaired) electrons. The number of hydrogen-bond donors (Lipinski definition) is 1. The molecular formula is C20H27Cl2N3O2. The Morgan fingerprint density at radius 2 is 1.78 bits per heavy atom. The predicted octanol–water partition coefficient (Wildman–Crippen LogP) is 2.83. The lowest BCUT2D eigenvalue weighted by atomic mass is 9.91. The van der Waals surface area contributed by atoms with E-state index in [4.69, 9.17) is 11.6 Å². The van der Waals surface area contributed by atoms with Gasteiger partial charge in [-0.1, -0.05) is 17.7 Å². The van der Waals surface area contributed by atoms with Crippen LogP contribution >= 0.6 is 24.0 Å². The van der Waals surface area contributed by atoms with Gasteiger partial charge < -0.3 is 15.1 Å². The molecule has 3 aliphatic rings. The van der Waals surface area contributed by atoms with Gasteiger partial charge >= 0.3 is 0 Å². The number of nitrogens with zero attached hydrogens (tertiary/aromatic N) is 2. The van der Waals surface area contributed by atoms with Crippen LogP contribution in [0.25, 0.3) is 0 Å². The Morgan fingerprint density at radius 3 is 2.52 bits per heavy atom. The molecule has 5 nitrogen and oxygen atoms in total. The molecular weight excluding hydrogens is 385 g/mol. The Kier molecular flexibility index (Phi) is 6.34. The number of benzene rings is 1. The van der Waals surface area contributed by atoms with Crippen molar-refractivity contribution in [2.24, 2.45) is 11.3 Å². The second kappa shape index (κ2) is 8.38. The zero-order valence-electron chi connectivity index (χ0n) is 15.5. The Morgan fingerprint density at radius 1 is 1.07 bits per heavy atom. The SMILES string of the molecule is Cl.O=C(c1cccc(Cl)c1)N1CCCN(C(=O)C2CC23CCNCC3)CC1. The summed E-state index contributed by atoms with van der Waals surface area (Å²) >= 11 is 6.01. The van der Waals surface area contributed by atoms with Gasteiger partial charge in [0.25, 0.3) is 5.91 Å². The maximum Gasteiger partial charge on any atom is 0.253 e. The van der Waals surface area contributed by atoms with E-state index in [1.54, 1.807) is 24.3 Å². The average molecular weight is 412 g/mol. The zero-order valence-corrected chi connectivity index (χ0v) is 17.0. The van der Waals surface area contributed by atoms with E-state index in [-0.39, 0.29) is 29.6 Å². The number of halogens is 2. The van der Waals surface area contributed by atoms with E-state index in [2.05, 4.69) is 5.32 Å². The molecule has 27 heavy (non-hydrogen) atoms. The Hall–Kier alpha value is -1.30. The molecule has 2 amide bonds. The predicted molar refractivity (Wildman–Crippen MR) is 108 cm³/mol. The molecule has 1 spiro atoms. The normalized spacial score (nSPS) is 24.1. The number of nitrogens with one attached hydrogen (secondary N) is 1. The minimum absolute atomic E-state index is 0. The van der Waals surface area contributed by atoms with E-state index < -0.39 is 0 Å². The van der Waals surface area contributed by atoms with Gasteiger partial charge in [-0.05, 0) is 62.4 Å². The molecule has 1 N–H and O–H groups in total. The van der Waals surface area contributed by atoms with Crippen LogP contribution in [0.15, 0.2) is 24.3 Å². The Labute approximate surface area is 171 Å². The summed E-state index contributed by atoms with van der Waals surface area (Å²) in [7, 11) is 0. The van der Waals surface area contributed by atoms with Crippen LogP contribution in [0.5, 0.6) is 0 Å². The number of carbonyl (C=O) groups excluding carboxylic acids is 2. The summed E-state index contributed by atoms with van der Waals surface area (Å²) in [5, 5.41) is 3.96. The molecule has 4 rings (SSSR count). The van der Waals surface area contributed by atoms with Gasteiger partial charge in [0.2, 0.25) is 5.91 Å². The van der Waals surface area contributed by atoms with Crippen LogP contribution in [0.1, 0.15) is 36.0 Å². The van der Waals surface area contributed by atoms with Crippen molar-refractivity contribution < 1.29 is 9.59 Å². The van der Waals surface area contributed by atoms with E-state index in [1.165, 1.54) is 0 Å². The highest BCUT2D eigenvalue weighted by atomic mass is 35.5. The fraction of sp³-hybridized carbons (Fsp3) is 0.600. The number of amides is 2. The standard InChI is InChI=1S/C20H26ClN3O2.ClH/c21-16-4-1-3-15(13-16)18(25)23-9-2-10-24(12-11-23)19(26)17-14-20(17)5-7-22-8-6-20;/h1,3-4,13,17,22H,2,5-12,14H2;1H. The smallest absolute Gasteiger partial charge is 0.253 e. The maximum atomic E-state index is 13.0. The molecule has 7 heteroatoms. The molecule has 1 aromatic carbocycles. The van der Waals surface area contributed by atoms with Crippen LogP contribution in [0.2, 0.25) is 5.02 Å². The molecule has 3 fully saturated rings. The molecule has 1 atom stereocenters. The van der Waals surface area contributed by atoms with Crippen molar-refractivity contribution >= 4 is 35.8 Å². The average Bonchev–Trinajstić information content (AvgIpc) is 3.40. The fourth-order valence-electron chi connectivity index (χ4n) is 4.54. The third-order valence-corrected chi connectivity index (χ3v) is 6.49. The summed E-state index contributed by atoms with van der Waals surface area (Å²) in [6, 6.07) is 7.08. The van der Waals surface area contributed by atoms with Crippen LogP contribution in [0, 0.1) is 11.3 Å². The van der Waals surface area contributed by atoms with E-state index in [1.807, 2.05) is 9.80 Å². The van der Waals surface area contributed by atoms with Crippen molar-refractivity contribution in [1.29, 1.82) is 0 Å². The first-order valence-corrected chi connectivity index (χ1v) is 10.0. The largest absolute Gasteiger partial charge is 0.341 e. The lowest BCUT2D eigenvalue weighted by Gasteiger charge is -2.26. The van der Waals surface area contributed by atoms with Gasteiger partial charge in [0.15, 0.2) is 0 Å². The van der Waals surface area contributed by atoms with Crippen molar-refractivity contribution in [3.05, 3.63) is 34.9 Å². The van der Waals surface area contributed by atoms with Gasteiger partial charge in [-0.25, -0.2) is 0 Å². The van der Waals surface area contributed by atoms with Crippen LogP contribution in [0.4, 0.5) is 0 Å². The first-order valence-electron chi connectivity index (χ1n) is 9.63. The highest BCUT2D eigenvalue weighted by Gasteiger charge is 2.58. The third-order valence-electron chi connectivity index (χ3n) is 6.25. The van der Waals surface area contributed by atoms with Crippen molar-refractivity contribution in [2.45, 2.75) is 25.7 Å². The molecule has 1 aromatic rings. The summed E-state index contributed by atoms with van der Waals surface area (Å²) in [5.41, 5.74) is 0.887. The minimum atomic E-state index is 0. The van der Waals surface area contributed by atoms with Crippen molar-refractivity contribution in [2.75, 3.05) is 39.3 Å². The number of piperidine rings is 1. The quantitative estimate of drug-likeness (QED) is 0.813. The molecule has 1 saturated carbocycles. The van der Waals surface area contributed by atoms with Gasteiger partial charge in [-0.2, -0.15) is 0 Å². The Balaban J connectivity index is 0.00000210. The van der Waals surface area contributed by atoms with Gasteiger partial charge in [-0.15, -0.1) is 12.4 Å². The second-order valence-electron chi connectivity index (χ2n) is 7.85. The highest BCUT2D eigenvalue weighted by Crippen LogP contribution is 2.59. The topological polar surface area (TPSA) is 52.7 Å². The Bertz CT molecular complexity index is 706. The van der Waals surface area contributed by atoms with Crippen LogP contribution in [-0.2, 0) is 4.79 Å². The first-order chi connectivity index (χ1) is 12.6. The molecule has 2 aliphatic heterocycles. The molecule has 0 aromatic heterocycles. The summed E-state index contributed by atoms with van der Waals surface area (Å²) < 4.78 is 0. The fourth-order valence-corrected chi connectivity index (χ4v) is 4.73. The molecule has 148 valence electrons. The molecule has 2 heterocycles. The molecule has 1 unspecified atom stereocenters. The zero-order chi connectivity index (χ0) is 18.1. The number of carbonyl (C=O) groups is 2. The van der Waals surface area contributed by atoms with Crippen molar-refractivity contribution in [3.8, 4) is 0 Å². The molecule has 2 saturated heterocycles. The monoisotopic (exact) mass is 411 g/mol. The molecule has 0 bridgehead atoms. The first kappa shape index (κ1) is 20.4. The summed E-state index contributed by atoms with van der Waals surface area (Å²) in [5.74, 6) is 0.520. The van der Waals surface area contributed by atoms with E-state index >= 15 is 0 Å². The summed E-state index contributed by atoms with van der Waals surface area (Å²) in [4.78, 5) is 29.5. The van der Waals surface area contributed by atoms with Crippen LogP contribution in [-0.4, -0.2) is 60.9 Å². The highest BCUT2D eigenvalue weighted by molar-refractivity contribution is 6.30. The maximum absolute atomic E-state index is 13.0. The lowest BCUT2D eigenvalue weighted by Crippen LogP contribution is -2.39. The minimum Gasteiger partial charge on any atom is -0.341 e. The summed E-state index contributed by atoms with van der Waals surface area (Å²) in [6.45, 7) is 4.74. The molecule has 1 aliphatic carbocycles. The van der Waals surface area contributed by atoms with Crippen LogP contribution in [0.3, 0.4) is 0 Å². The van der Waals surface area contributed by atoms with E-state index in [9.17, 15) is 9.59 Å².